The minimum atomic E-state index is -3.36. The highest BCUT2D eigenvalue weighted by atomic mass is 19.3. The third-order valence-corrected chi connectivity index (χ3v) is 3.44. The number of alkyl halides is 2. The van der Waals surface area contributed by atoms with E-state index in [0.29, 0.717) is 6.92 Å². The molecule has 0 aliphatic carbocycles. The number of nitro groups is 1. The summed E-state index contributed by atoms with van der Waals surface area (Å²) >= 11 is 0. The fourth-order valence-corrected chi connectivity index (χ4v) is 2.17. The van der Waals surface area contributed by atoms with Crippen molar-refractivity contribution in [2.24, 2.45) is 5.16 Å². The Kier molecular flexibility index (Phi) is 6.34. The lowest BCUT2D eigenvalue weighted by atomic mass is 10.1. The molecule has 0 heterocycles. The van der Waals surface area contributed by atoms with Gasteiger partial charge in [-0.1, -0.05) is 12.1 Å². The number of hydrogen-bond acceptors (Lipinski definition) is 6. The van der Waals surface area contributed by atoms with E-state index in [2.05, 4.69) is 9.89 Å². The average Bonchev–Trinajstić information content (AvgIpc) is 2.61. The molecule has 0 amide bonds. The minimum absolute atomic E-state index is 0.0286. The maximum atomic E-state index is 13.7. The van der Waals surface area contributed by atoms with Crippen LogP contribution in [0.1, 0.15) is 36.2 Å². The molecule has 0 saturated heterocycles. The van der Waals surface area contributed by atoms with Crippen molar-refractivity contribution in [3.63, 3.8) is 0 Å². The van der Waals surface area contributed by atoms with E-state index in [-0.39, 0.29) is 29.0 Å². The fraction of sp³-hybridized carbons (Fsp3) is 0.222. The standard InChI is InChI=1S/C18H15F3N2O5/c1-3-15(12-6-9-16(23(25)26)14(19)10-12)22-28-17(24)11-4-7-13(8-5-11)27-18(2,20)21/h4-10H,3H2,1-2H3/b22-15+. The first-order valence-electron chi connectivity index (χ1n) is 8.00. The third kappa shape index (κ3) is 5.53. The van der Waals surface area contributed by atoms with Crippen LogP contribution in [0.5, 0.6) is 5.75 Å². The molecule has 0 radical (unpaired) electrons. The number of carbonyl (C=O) groups is 1. The Morgan fingerprint density at radius 1 is 1.18 bits per heavy atom. The molecule has 148 valence electrons. The topological polar surface area (TPSA) is 91.0 Å². The molecule has 0 N–H and O–H groups in total. The van der Waals surface area contributed by atoms with Gasteiger partial charge in [0.25, 0.3) is 0 Å². The molecular formula is C18H15F3N2O5. The Hall–Kier alpha value is -3.43. The zero-order chi connectivity index (χ0) is 20.9. The number of halogens is 3. The van der Waals surface area contributed by atoms with Crippen molar-refractivity contribution < 1.29 is 32.5 Å². The van der Waals surface area contributed by atoms with Crippen molar-refractivity contribution in [3.05, 3.63) is 69.5 Å². The molecule has 2 aromatic rings. The number of carbonyl (C=O) groups excluding carboxylic acids is 1. The highest BCUT2D eigenvalue weighted by Gasteiger charge is 2.23. The second kappa shape index (κ2) is 8.51. The molecule has 0 bridgehead atoms. The second-order valence-electron chi connectivity index (χ2n) is 5.63. The molecule has 0 fully saturated rings. The maximum Gasteiger partial charge on any atom is 0.394 e. The summed E-state index contributed by atoms with van der Waals surface area (Å²) < 4.78 is 43.7. The lowest BCUT2D eigenvalue weighted by Gasteiger charge is -2.12. The minimum Gasteiger partial charge on any atom is -0.433 e. The van der Waals surface area contributed by atoms with Crippen molar-refractivity contribution in [3.8, 4) is 5.75 Å². The number of oxime groups is 1. The molecule has 0 aliphatic rings. The lowest BCUT2D eigenvalue weighted by molar-refractivity contribution is -0.387. The first kappa shape index (κ1) is 20.9. The van der Waals surface area contributed by atoms with Crippen molar-refractivity contribution in [1.82, 2.24) is 0 Å². The van der Waals surface area contributed by atoms with Gasteiger partial charge in [0.2, 0.25) is 5.82 Å². The van der Waals surface area contributed by atoms with Gasteiger partial charge in [0.15, 0.2) is 0 Å². The maximum absolute atomic E-state index is 13.7. The summed E-state index contributed by atoms with van der Waals surface area (Å²) in [4.78, 5) is 26.6. The largest absolute Gasteiger partial charge is 0.433 e. The van der Waals surface area contributed by atoms with E-state index in [1.54, 1.807) is 6.92 Å². The smallest absolute Gasteiger partial charge is 0.394 e. The summed E-state index contributed by atoms with van der Waals surface area (Å²) in [5.74, 6) is -2.05. The first-order chi connectivity index (χ1) is 13.1. The van der Waals surface area contributed by atoms with Gasteiger partial charge in [-0.05, 0) is 42.8 Å². The number of nitrogens with zero attached hydrogens (tertiary/aromatic N) is 2. The highest BCUT2D eigenvalue weighted by Crippen LogP contribution is 2.22. The van der Waals surface area contributed by atoms with Crippen LogP contribution in [0.4, 0.5) is 18.9 Å². The van der Waals surface area contributed by atoms with Crippen LogP contribution in [-0.2, 0) is 4.84 Å². The van der Waals surface area contributed by atoms with Gasteiger partial charge in [0.1, 0.15) is 5.75 Å². The Morgan fingerprint density at radius 2 is 1.79 bits per heavy atom. The number of nitro benzene ring substituents is 1. The molecule has 0 spiro atoms. The molecule has 10 heteroatoms. The average molecular weight is 396 g/mol. The van der Waals surface area contributed by atoms with Crippen LogP contribution in [0.15, 0.2) is 47.6 Å². The summed E-state index contributed by atoms with van der Waals surface area (Å²) in [6, 6.07) is 7.97. The van der Waals surface area contributed by atoms with Crippen molar-refractivity contribution in [2.75, 3.05) is 0 Å². The molecule has 0 aromatic heterocycles. The molecule has 2 aromatic carbocycles. The summed E-state index contributed by atoms with van der Waals surface area (Å²) in [7, 11) is 0. The quantitative estimate of drug-likeness (QED) is 0.293. The van der Waals surface area contributed by atoms with Crippen LogP contribution < -0.4 is 4.74 Å². The zero-order valence-corrected chi connectivity index (χ0v) is 14.8. The summed E-state index contributed by atoms with van der Waals surface area (Å²) in [5.41, 5.74) is -0.253. The Balaban J connectivity index is 2.13. The van der Waals surface area contributed by atoms with E-state index in [9.17, 15) is 28.1 Å². The Morgan fingerprint density at radius 3 is 2.29 bits per heavy atom. The van der Waals surface area contributed by atoms with Gasteiger partial charge in [-0.2, -0.15) is 13.2 Å². The molecule has 0 unspecified atom stereocenters. The molecule has 7 nitrogen and oxygen atoms in total. The first-order valence-corrected chi connectivity index (χ1v) is 8.00. The fourth-order valence-electron chi connectivity index (χ4n) is 2.17. The van der Waals surface area contributed by atoms with Crippen LogP contribution in [0.25, 0.3) is 0 Å². The van der Waals surface area contributed by atoms with Gasteiger partial charge >= 0.3 is 17.8 Å². The van der Waals surface area contributed by atoms with Crippen LogP contribution >= 0.6 is 0 Å². The number of ether oxygens (including phenoxy) is 1. The normalized spacial score (nSPS) is 11.8. The van der Waals surface area contributed by atoms with Gasteiger partial charge < -0.3 is 9.57 Å². The van der Waals surface area contributed by atoms with E-state index < -0.39 is 28.5 Å². The molecule has 0 saturated carbocycles. The van der Waals surface area contributed by atoms with Crippen LogP contribution in [-0.4, -0.2) is 22.7 Å². The Labute approximate surface area is 157 Å². The monoisotopic (exact) mass is 396 g/mol. The Bertz CT molecular complexity index is 908. The molecule has 28 heavy (non-hydrogen) atoms. The lowest BCUT2D eigenvalue weighted by Crippen LogP contribution is -2.19. The summed E-state index contributed by atoms with van der Waals surface area (Å²) in [6.45, 7) is 2.25. The van der Waals surface area contributed by atoms with E-state index >= 15 is 0 Å². The second-order valence-corrected chi connectivity index (χ2v) is 5.63. The molecule has 2 rings (SSSR count). The highest BCUT2D eigenvalue weighted by molar-refractivity contribution is 6.01. The van der Waals surface area contributed by atoms with Crippen molar-refractivity contribution in [1.29, 1.82) is 0 Å². The molecular weight excluding hydrogens is 381 g/mol. The predicted molar refractivity (Wildman–Crippen MR) is 93.0 cm³/mol. The summed E-state index contributed by atoms with van der Waals surface area (Å²) in [5, 5.41) is 14.3. The SMILES string of the molecule is CC/C(=N\OC(=O)c1ccc(OC(C)(F)F)cc1)c1ccc([N+](=O)[O-])c(F)c1. The van der Waals surface area contributed by atoms with Gasteiger partial charge in [-0.15, -0.1) is 0 Å². The molecule has 0 aliphatic heterocycles. The van der Waals surface area contributed by atoms with E-state index in [0.717, 1.165) is 12.1 Å². The van der Waals surface area contributed by atoms with Crippen LogP contribution in [0.3, 0.4) is 0 Å². The predicted octanol–water partition coefficient (Wildman–Crippen LogP) is 4.70. The number of rotatable bonds is 7. The van der Waals surface area contributed by atoms with Gasteiger partial charge in [0, 0.05) is 18.6 Å². The summed E-state index contributed by atoms with van der Waals surface area (Å²) in [6.07, 6.45) is -3.11. The van der Waals surface area contributed by atoms with Crippen LogP contribution in [0.2, 0.25) is 0 Å². The van der Waals surface area contributed by atoms with E-state index in [4.69, 9.17) is 4.84 Å². The van der Waals surface area contributed by atoms with Crippen molar-refractivity contribution in [2.45, 2.75) is 26.4 Å². The number of hydrogen-bond donors (Lipinski definition) is 0. The van der Waals surface area contributed by atoms with Crippen molar-refractivity contribution >= 4 is 17.4 Å². The van der Waals surface area contributed by atoms with Gasteiger partial charge in [-0.25, -0.2) is 4.79 Å². The van der Waals surface area contributed by atoms with E-state index in [1.807, 2.05) is 0 Å². The van der Waals surface area contributed by atoms with Crippen LogP contribution in [0, 0.1) is 15.9 Å². The molecule has 0 atom stereocenters. The third-order valence-electron chi connectivity index (χ3n) is 3.44. The van der Waals surface area contributed by atoms with E-state index in [1.165, 1.54) is 30.3 Å². The van der Waals surface area contributed by atoms with Gasteiger partial charge in [-0.3, -0.25) is 10.1 Å². The van der Waals surface area contributed by atoms with Gasteiger partial charge in [0.05, 0.1) is 16.2 Å². The number of benzene rings is 2. The zero-order valence-electron chi connectivity index (χ0n) is 14.8.